The van der Waals surface area contributed by atoms with Gasteiger partial charge in [0.15, 0.2) is 5.65 Å². The van der Waals surface area contributed by atoms with E-state index in [1.165, 1.54) is 0 Å². The molecule has 134 valence electrons. The number of aromatic nitrogens is 3. The van der Waals surface area contributed by atoms with E-state index in [-0.39, 0.29) is 17.6 Å². The highest BCUT2D eigenvalue weighted by molar-refractivity contribution is 5.91. The van der Waals surface area contributed by atoms with E-state index in [9.17, 15) is 9.18 Å². The minimum atomic E-state index is -0.191. The summed E-state index contributed by atoms with van der Waals surface area (Å²) in [5.41, 5.74) is 3.68. The van der Waals surface area contributed by atoms with Gasteiger partial charge in [-0.1, -0.05) is 12.1 Å². The Morgan fingerprint density at radius 2 is 1.85 bits per heavy atom. The Hall–Kier alpha value is -2.76. The van der Waals surface area contributed by atoms with Gasteiger partial charge in [0, 0.05) is 19.3 Å². The summed E-state index contributed by atoms with van der Waals surface area (Å²) in [5.74, 6) is 0.343. The number of amides is 1. The van der Waals surface area contributed by atoms with E-state index in [1.807, 2.05) is 43.1 Å². The molecule has 4 rings (SSSR count). The number of benzene rings is 1. The molecule has 1 saturated heterocycles. The van der Waals surface area contributed by atoms with Gasteiger partial charge in [-0.05, 0) is 67.5 Å². The molecule has 0 atom stereocenters. The normalized spacial score (nSPS) is 15.6. The number of fused-ring (bicyclic) bond motifs is 1. The molecule has 0 unspecified atom stereocenters. The maximum Gasteiger partial charge on any atom is 0.292 e. The number of pyridine rings is 1. The molecular weight excluding hydrogens is 331 g/mol. The summed E-state index contributed by atoms with van der Waals surface area (Å²) in [4.78, 5) is 14.7. The SMILES string of the molecule is Cc1cc(F)cc(C2CCN(C(=O)c3nnc4ccc(C)cn34)CC2)c1. The van der Waals surface area contributed by atoms with Gasteiger partial charge in [0.05, 0.1) is 0 Å². The molecule has 0 spiro atoms. The molecule has 0 bridgehead atoms. The Kier molecular flexibility index (Phi) is 4.18. The first-order valence-corrected chi connectivity index (χ1v) is 8.89. The summed E-state index contributed by atoms with van der Waals surface area (Å²) >= 11 is 0. The van der Waals surface area contributed by atoms with Crippen LogP contribution in [0.5, 0.6) is 0 Å². The van der Waals surface area contributed by atoms with Gasteiger partial charge in [-0.15, -0.1) is 10.2 Å². The van der Waals surface area contributed by atoms with E-state index in [4.69, 9.17) is 0 Å². The molecule has 1 amide bonds. The van der Waals surface area contributed by atoms with E-state index in [0.717, 1.165) is 29.5 Å². The summed E-state index contributed by atoms with van der Waals surface area (Å²) in [6.07, 6.45) is 3.53. The molecule has 6 heteroatoms. The maximum atomic E-state index is 13.7. The smallest absolute Gasteiger partial charge is 0.292 e. The number of hydrogen-bond acceptors (Lipinski definition) is 3. The number of nitrogens with zero attached hydrogens (tertiary/aromatic N) is 4. The van der Waals surface area contributed by atoms with Crippen molar-refractivity contribution in [1.29, 1.82) is 0 Å². The van der Waals surface area contributed by atoms with Crippen LogP contribution in [0.3, 0.4) is 0 Å². The summed E-state index contributed by atoms with van der Waals surface area (Å²) in [5, 5.41) is 8.17. The highest BCUT2D eigenvalue weighted by atomic mass is 19.1. The van der Waals surface area contributed by atoms with E-state index in [0.29, 0.717) is 24.6 Å². The zero-order valence-electron chi connectivity index (χ0n) is 14.9. The fourth-order valence-corrected chi connectivity index (χ4v) is 3.70. The van der Waals surface area contributed by atoms with E-state index >= 15 is 0 Å². The highest BCUT2D eigenvalue weighted by Crippen LogP contribution is 2.29. The van der Waals surface area contributed by atoms with Crippen LogP contribution in [0.1, 0.15) is 46.1 Å². The van der Waals surface area contributed by atoms with Crippen molar-refractivity contribution >= 4 is 11.6 Å². The van der Waals surface area contributed by atoms with Crippen LogP contribution in [0.25, 0.3) is 5.65 Å². The third-order valence-corrected chi connectivity index (χ3v) is 5.06. The van der Waals surface area contributed by atoms with Crippen LogP contribution in [0.2, 0.25) is 0 Å². The summed E-state index contributed by atoms with van der Waals surface area (Å²) in [6, 6.07) is 9.01. The maximum absolute atomic E-state index is 13.7. The van der Waals surface area contributed by atoms with Crippen LogP contribution in [0.15, 0.2) is 36.5 Å². The second kappa shape index (κ2) is 6.52. The zero-order chi connectivity index (χ0) is 18.3. The molecule has 1 fully saturated rings. The fourth-order valence-electron chi connectivity index (χ4n) is 3.70. The second-order valence-corrected chi connectivity index (χ2v) is 7.09. The number of hydrogen-bond donors (Lipinski definition) is 0. The molecule has 3 aromatic rings. The van der Waals surface area contributed by atoms with Crippen molar-refractivity contribution < 1.29 is 9.18 Å². The minimum absolute atomic E-state index is 0.100. The average molecular weight is 352 g/mol. The minimum Gasteiger partial charge on any atom is -0.336 e. The summed E-state index contributed by atoms with van der Waals surface area (Å²) < 4.78 is 15.4. The molecule has 2 aromatic heterocycles. The standard InChI is InChI=1S/C20H21FN4O/c1-13-3-4-18-22-23-19(25(18)12-13)20(26)24-7-5-15(6-8-24)16-9-14(2)10-17(21)11-16/h3-4,9-12,15H,5-8H2,1-2H3. The van der Waals surface area contributed by atoms with Crippen LogP contribution in [-0.4, -0.2) is 38.5 Å². The van der Waals surface area contributed by atoms with Gasteiger partial charge in [-0.3, -0.25) is 9.20 Å². The molecule has 0 N–H and O–H groups in total. The molecule has 26 heavy (non-hydrogen) atoms. The monoisotopic (exact) mass is 352 g/mol. The Labute approximate surface area is 151 Å². The Morgan fingerprint density at radius 1 is 1.08 bits per heavy atom. The Bertz CT molecular complexity index is 953. The number of piperidine rings is 1. The van der Waals surface area contributed by atoms with Crippen molar-refractivity contribution in [2.75, 3.05) is 13.1 Å². The first-order valence-electron chi connectivity index (χ1n) is 8.89. The number of carbonyl (C=O) groups is 1. The third-order valence-electron chi connectivity index (χ3n) is 5.06. The molecule has 5 nitrogen and oxygen atoms in total. The van der Waals surface area contributed by atoms with E-state index in [2.05, 4.69) is 10.2 Å². The van der Waals surface area contributed by atoms with Crippen molar-refractivity contribution in [3.63, 3.8) is 0 Å². The van der Waals surface area contributed by atoms with Gasteiger partial charge in [0.1, 0.15) is 5.82 Å². The first kappa shape index (κ1) is 16.7. The van der Waals surface area contributed by atoms with Gasteiger partial charge in [0.2, 0.25) is 5.82 Å². The van der Waals surface area contributed by atoms with Crippen molar-refractivity contribution in [1.82, 2.24) is 19.5 Å². The molecule has 0 radical (unpaired) electrons. The van der Waals surface area contributed by atoms with Gasteiger partial charge in [-0.2, -0.15) is 0 Å². The molecule has 3 heterocycles. The Balaban J connectivity index is 1.50. The van der Waals surface area contributed by atoms with Crippen molar-refractivity contribution in [2.24, 2.45) is 0 Å². The van der Waals surface area contributed by atoms with E-state index in [1.54, 1.807) is 16.5 Å². The molecule has 0 saturated carbocycles. The van der Waals surface area contributed by atoms with Crippen LogP contribution in [-0.2, 0) is 0 Å². The van der Waals surface area contributed by atoms with Gasteiger partial charge >= 0.3 is 0 Å². The number of aryl methyl sites for hydroxylation is 2. The molecule has 1 aromatic carbocycles. The summed E-state index contributed by atoms with van der Waals surface area (Å²) in [7, 11) is 0. The largest absolute Gasteiger partial charge is 0.336 e. The average Bonchev–Trinajstić information content (AvgIpc) is 3.03. The van der Waals surface area contributed by atoms with Gasteiger partial charge in [-0.25, -0.2) is 4.39 Å². The van der Waals surface area contributed by atoms with E-state index < -0.39 is 0 Å². The predicted molar refractivity (Wildman–Crippen MR) is 96.7 cm³/mol. The Morgan fingerprint density at radius 3 is 2.58 bits per heavy atom. The zero-order valence-corrected chi connectivity index (χ0v) is 14.9. The number of halogens is 1. The van der Waals surface area contributed by atoms with Crippen molar-refractivity contribution in [2.45, 2.75) is 32.6 Å². The first-order chi connectivity index (χ1) is 12.5. The number of carbonyl (C=O) groups excluding carboxylic acids is 1. The van der Waals surface area contributed by atoms with Gasteiger partial charge in [0.25, 0.3) is 5.91 Å². The predicted octanol–water partition coefficient (Wildman–Crippen LogP) is 3.51. The van der Waals surface area contributed by atoms with Gasteiger partial charge < -0.3 is 4.90 Å². The summed E-state index contributed by atoms with van der Waals surface area (Å²) in [6.45, 7) is 5.16. The van der Waals surface area contributed by atoms with Crippen LogP contribution >= 0.6 is 0 Å². The molecule has 0 aliphatic carbocycles. The fraction of sp³-hybridized carbons (Fsp3) is 0.350. The highest BCUT2D eigenvalue weighted by Gasteiger charge is 2.27. The van der Waals surface area contributed by atoms with Crippen LogP contribution in [0.4, 0.5) is 4.39 Å². The van der Waals surface area contributed by atoms with Crippen molar-refractivity contribution in [3.8, 4) is 0 Å². The third kappa shape index (κ3) is 3.07. The lowest BCUT2D eigenvalue weighted by Gasteiger charge is -2.32. The van der Waals surface area contributed by atoms with Crippen LogP contribution < -0.4 is 0 Å². The lowest BCUT2D eigenvalue weighted by molar-refractivity contribution is 0.0699. The lowest BCUT2D eigenvalue weighted by Crippen LogP contribution is -2.38. The van der Waals surface area contributed by atoms with Crippen molar-refractivity contribution in [3.05, 3.63) is 64.9 Å². The molecule has 1 aliphatic rings. The second-order valence-electron chi connectivity index (χ2n) is 7.09. The molecule has 1 aliphatic heterocycles. The number of likely N-dealkylation sites (tertiary alicyclic amines) is 1. The lowest BCUT2D eigenvalue weighted by atomic mass is 9.88. The number of rotatable bonds is 2. The molecular formula is C20H21FN4O. The quantitative estimate of drug-likeness (QED) is 0.709. The topological polar surface area (TPSA) is 50.5 Å². The van der Waals surface area contributed by atoms with Crippen LogP contribution in [0, 0.1) is 19.7 Å².